The van der Waals surface area contributed by atoms with Crippen LogP contribution in [0.5, 0.6) is 0 Å². The number of amides is 1. The summed E-state index contributed by atoms with van der Waals surface area (Å²) < 4.78 is 1.65. The number of carbonyl (C=O) groups excluding carboxylic acids is 1. The highest BCUT2D eigenvalue weighted by molar-refractivity contribution is 6.05. The monoisotopic (exact) mass is 353 g/mol. The van der Waals surface area contributed by atoms with E-state index >= 15 is 0 Å². The van der Waals surface area contributed by atoms with Crippen LogP contribution in [0.1, 0.15) is 46.4 Å². The van der Waals surface area contributed by atoms with Gasteiger partial charge in [-0.2, -0.15) is 0 Å². The molecule has 5 heteroatoms. The molecule has 26 heavy (non-hydrogen) atoms. The summed E-state index contributed by atoms with van der Waals surface area (Å²) in [6.45, 7) is 4.53. The molecule has 1 aromatic carbocycles. The van der Waals surface area contributed by atoms with Crippen molar-refractivity contribution in [3.05, 3.63) is 63.1 Å². The largest absolute Gasteiger partial charge is 0.322 e. The lowest BCUT2D eigenvalue weighted by Crippen LogP contribution is -2.34. The van der Waals surface area contributed by atoms with Crippen LogP contribution in [-0.4, -0.2) is 36.0 Å². The number of benzene rings is 1. The summed E-state index contributed by atoms with van der Waals surface area (Å²) in [5, 5.41) is 2.98. The van der Waals surface area contributed by atoms with E-state index in [9.17, 15) is 9.59 Å². The molecular weight excluding hydrogens is 326 g/mol. The maximum absolute atomic E-state index is 13.0. The van der Waals surface area contributed by atoms with Crippen LogP contribution in [0.4, 0.5) is 5.69 Å². The lowest BCUT2D eigenvalue weighted by molar-refractivity contribution is 0.102. The van der Waals surface area contributed by atoms with Crippen LogP contribution >= 0.6 is 0 Å². The van der Waals surface area contributed by atoms with Crippen LogP contribution in [0.2, 0.25) is 0 Å². The number of likely N-dealkylation sites (N-methyl/N-ethyl adjacent to an activating group) is 1. The van der Waals surface area contributed by atoms with Gasteiger partial charge >= 0.3 is 0 Å². The third-order valence-corrected chi connectivity index (χ3v) is 5.05. The zero-order valence-corrected chi connectivity index (χ0v) is 16.0. The normalized spacial score (nSPS) is 14.3. The molecule has 3 rings (SSSR count). The van der Waals surface area contributed by atoms with Gasteiger partial charge in [0.05, 0.1) is 0 Å². The summed E-state index contributed by atoms with van der Waals surface area (Å²) in [4.78, 5) is 27.9. The predicted molar refractivity (Wildman–Crippen MR) is 105 cm³/mol. The smallest absolute Gasteiger partial charge is 0.263 e. The number of nitrogens with zero attached hydrogens (tertiary/aromatic N) is 2. The summed E-state index contributed by atoms with van der Waals surface area (Å²) in [6, 6.07) is 7.84. The highest BCUT2D eigenvalue weighted by Crippen LogP contribution is 2.29. The maximum Gasteiger partial charge on any atom is 0.263 e. The molecule has 0 bridgehead atoms. The summed E-state index contributed by atoms with van der Waals surface area (Å²) in [5.74, 6) is -0.320. The molecule has 1 atom stereocenters. The quantitative estimate of drug-likeness (QED) is 0.899. The van der Waals surface area contributed by atoms with Crippen molar-refractivity contribution < 1.29 is 4.79 Å². The standard InChI is InChI=1S/C21H27N3O2/c1-14-11-12-24(15(2)13-23(3)4)21(26)19(14)20(25)22-18-10-6-8-16-7-5-9-17(16)18/h6,8,10-12,15H,5,7,9,13H2,1-4H3,(H,22,25). The average Bonchev–Trinajstić information content (AvgIpc) is 3.03. The molecule has 1 aliphatic carbocycles. The van der Waals surface area contributed by atoms with Gasteiger partial charge in [0, 0.05) is 24.5 Å². The first-order valence-corrected chi connectivity index (χ1v) is 9.17. The first-order chi connectivity index (χ1) is 12.4. The second-order valence-corrected chi connectivity index (χ2v) is 7.45. The number of hydrogen-bond acceptors (Lipinski definition) is 3. The van der Waals surface area contributed by atoms with Crippen molar-refractivity contribution in [3.63, 3.8) is 0 Å². The van der Waals surface area contributed by atoms with Gasteiger partial charge in [0.1, 0.15) is 5.56 Å². The molecule has 0 saturated carbocycles. The molecular formula is C21H27N3O2. The first-order valence-electron chi connectivity index (χ1n) is 9.17. The summed E-state index contributed by atoms with van der Waals surface area (Å²) in [5.41, 5.74) is 4.03. The Kier molecular flexibility index (Phi) is 5.28. The Hall–Kier alpha value is -2.40. The number of nitrogens with one attached hydrogen (secondary N) is 1. The number of anilines is 1. The zero-order chi connectivity index (χ0) is 18.8. The molecule has 1 aromatic heterocycles. The molecule has 1 amide bonds. The van der Waals surface area contributed by atoms with E-state index in [1.165, 1.54) is 11.1 Å². The molecule has 5 nitrogen and oxygen atoms in total. The SMILES string of the molecule is Cc1ccn(C(C)CN(C)C)c(=O)c1C(=O)Nc1cccc2c1CCC2. The van der Waals surface area contributed by atoms with Gasteiger partial charge in [-0.1, -0.05) is 12.1 Å². The van der Waals surface area contributed by atoms with Gasteiger partial charge in [-0.25, -0.2) is 0 Å². The lowest BCUT2D eigenvalue weighted by atomic mass is 10.1. The van der Waals surface area contributed by atoms with E-state index in [0.29, 0.717) is 5.56 Å². The molecule has 1 unspecified atom stereocenters. The van der Waals surface area contributed by atoms with E-state index in [4.69, 9.17) is 0 Å². The van der Waals surface area contributed by atoms with Crippen molar-refractivity contribution in [1.29, 1.82) is 0 Å². The second kappa shape index (κ2) is 7.46. The molecule has 1 heterocycles. The number of rotatable bonds is 5. The van der Waals surface area contributed by atoms with E-state index in [1.54, 1.807) is 10.8 Å². The molecule has 0 saturated heterocycles. The molecule has 0 radical (unpaired) electrons. The minimum absolute atomic E-state index is 0.00868. The van der Waals surface area contributed by atoms with Crippen LogP contribution in [0.3, 0.4) is 0 Å². The zero-order valence-electron chi connectivity index (χ0n) is 16.0. The molecule has 0 fully saturated rings. The van der Waals surface area contributed by atoms with Crippen LogP contribution in [-0.2, 0) is 12.8 Å². The number of aryl methyl sites for hydroxylation is 2. The minimum Gasteiger partial charge on any atom is -0.322 e. The fraction of sp³-hybridized carbons (Fsp3) is 0.429. The van der Waals surface area contributed by atoms with Crippen LogP contribution in [0, 0.1) is 6.92 Å². The molecule has 0 spiro atoms. The Morgan fingerprint density at radius 1 is 1.27 bits per heavy atom. The fourth-order valence-electron chi connectivity index (χ4n) is 3.80. The maximum atomic E-state index is 13.0. The van der Waals surface area contributed by atoms with Gasteiger partial charge in [-0.3, -0.25) is 9.59 Å². The molecule has 1 aliphatic rings. The highest BCUT2D eigenvalue weighted by Gasteiger charge is 2.21. The van der Waals surface area contributed by atoms with E-state index in [1.807, 2.05) is 51.0 Å². The molecule has 138 valence electrons. The van der Waals surface area contributed by atoms with Gasteiger partial charge in [-0.05, 0) is 76.0 Å². The van der Waals surface area contributed by atoms with Crippen LogP contribution < -0.4 is 10.9 Å². The third kappa shape index (κ3) is 3.58. The van der Waals surface area contributed by atoms with Gasteiger partial charge in [0.2, 0.25) is 0 Å². The Morgan fingerprint density at radius 3 is 2.77 bits per heavy atom. The number of fused-ring (bicyclic) bond motifs is 1. The number of aromatic nitrogens is 1. The number of hydrogen-bond donors (Lipinski definition) is 1. The van der Waals surface area contributed by atoms with Gasteiger partial charge in [0.15, 0.2) is 0 Å². The first kappa shape index (κ1) is 18.4. The Balaban J connectivity index is 1.93. The second-order valence-electron chi connectivity index (χ2n) is 7.45. The number of carbonyl (C=O) groups is 1. The average molecular weight is 353 g/mol. The summed E-state index contributed by atoms with van der Waals surface area (Å²) in [7, 11) is 3.94. The van der Waals surface area contributed by atoms with Crippen LogP contribution in [0.15, 0.2) is 35.3 Å². The van der Waals surface area contributed by atoms with Crippen LogP contribution in [0.25, 0.3) is 0 Å². The fourth-order valence-corrected chi connectivity index (χ4v) is 3.80. The highest BCUT2D eigenvalue weighted by atomic mass is 16.2. The van der Waals surface area contributed by atoms with Crippen molar-refractivity contribution in [1.82, 2.24) is 9.47 Å². The van der Waals surface area contributed by atoms with Gasteiger partial charge in [-0.15, -0.1) is 0 Å². The van der Waals surface area contributed by atoms with Gasteiger partial charge < -0.3 is 14.8 Å². The minimum atomic E-state index is -0.320. The van der Waals surface area contributed by atoms with Crippen molar-refractivity contribution in [2.45, 2.75) is 39.2 Å². The summed E-state index contributed by atoms with van der Waals surface area (Å²) in [6.07, 6.45) is 4.92. The molecule has 2 aromatic rings. The van der Waals surface area contributed by atoms with Gasteiger partial charge in [0.25, 0.3) is 11.5 Å². The third-order valence-electron chi connectivity index (χ3n) is 5.05. The van der Waals surface area contributed by atoms with E-state index in [2.05, 4.69) is 11.4 Å². The van der Waals surface area contributed by atoms with E-state index in [-0.39, 0.29) is 23.1 Å². The van der Waals surface area contributed by atoms with Crippen molar-refractivity contribution >= 4 is 11.6 Å². The van der Waals surface area contributed by atoms with E-state index < -0.39 is 0 Å². The molecule has 1 N–H and O–H groups in total. The van der Waals surface area contributed by atoms with Crippen molar-refractivity contribution in [2.24, 2.45) is 0 Å². The molecule has 0 aliphatic heterocycles. The predicted octanol–water partition coefficient (Wildman–Crippen LogP) is 3.02. The number of pyridine rings is 1. The summed E-state index contributed by atoms with van der Waals surface area (Å²) >= 11 is 0. The van der Waals surface area contributed by atoms with Crippen molar-refractivity contribution in [3.8, 4) is 0 Å². The Morgan fingerprint density at radius 2 is 2.04 bits per heavy atom. The Labute approximate surface area is 154 Å². The Bertz CT molecular complexity index is 883. The van der Waals surface area contributed by atoms with E-state index in [0.717, 1.165) is 31.5 Å². The topological polar surface area (TPSA) is 54.3 Å². The lowest BCUT2D eigenvalue weighted by Gasteiger charge is -2.20. The van der Waals surface area contributed by atoms with Crippen molar-refractivity contribution in [2.75, 3.05) is 26.0 Å².